The Balaban J connectivity index is 1.35. The van der Waals surface area contributed by atoms with Crippen molar-refractivity contribution in [3.05, 3.63) is 0 Å². The van der Waals surface area contributed by atoms with Crippen LogP contribution in [0.15, 0.2) is 0 Å². The zero-order chi connectivity index (χ0) is 24.3. The molecule has 0 spiro atoms. The van der Waals surface area contributed by atoms with Crippen molar-refractivity contribution in [2.45, 2.75) is 141 Å². The van der Waals surface area contributed by atoms with Gasteiger partial charge in [0, 0.05) is 25.6 Å². The van der Waals surface area contributed by atoms with Crippen LogP contribution in [0.5, 0.6) is 0 Å². The van der Waals surface area contributed by atoms with Crippen molar-refractivity contribution in [3.8, 4) is 0 Å². The second kappa shape index (κ2) is 19.1. The summed E-state index contributed by atoms with van der Waals surface area (Å²) in [5.41, 5.74) is 0. The van der Waals surface area contributed by atoms with Gasteiger partial charge in [-0.1, -0.05) is 103 Å². The number of amides is 1. The quantitative estimate of drug-likeness (QED) is 0.146. The minimum Gasteiger partial charge on any atom is -0.465 e. The first-order chi connectivity index (χ1) is 16.7. The van der Waals surface area contributed by atoms with Gasteiger partial charge in [0.25, 0.3) is 0 Å². The molecular weight excluding hydrogens is 424 g/mol. The van der Waals surface area contributed by atoms with E-state index in [9.17, 15) is 9.59 Å². The van der Waals surface area contributed by atoms with Crippen molar-refractivity contribution in [2.75, 3.05) is 26.2 Å². The zero-order valence-corrected chi connectivity index (χ0v) is 22.3. The predicted octanol–water partition coefficient (Wildman–Crippen LogP) is 6.78. The zero-order valence-electron chi connectivity index (χ0n) is 22.3. The highest BCUT2D eigenvalue weighted by Gasteiger charge is 2.35. The van der Waals surface area contributed by atoms with Gasteiger partial charge in [0.15, 0.2) is 0 Å². The van der Waals surface area contributed by atoms with E-state index in [2.05, 4.69) is 12.2 Å². The Labute approximate surface area is 210 Å². The summed E-state index contributed by atoms with van der Waals surface area (Å²) in [4.78, 5) is 26.5. The largest absolute Gasteiger partial charge is 0.465 e. The molecule has 5 heteroatoms. The lowest BCUT2D eigenvalue weighted by molar-refractivity contribution is -0.148. The molecule has 1 amide bonds. The van der Waals surface area contributed by atoms with Crippen molar-refractivity contribution in [1.82, 2.24) is 10.2 Å². The van der Waals surface area contributed by atoms with E-state index in [1.165, 1.54) is 109 Å². The number of ether oxygens (including phenoxy) is 1. The maximum Gasteiger partial charge on any atom is 0.311 e. The number of unbranched alkanes of at least 4 members (excludes halogenated alkanes) is 15. The number of rotatable bonds is 21. The topological polar surface area (TPSA) is 58.6 Å². The molecule has 34 heavy (non-hydrogen) atoms. The molecule has 1 N–H and O–H groups in total. The van der Waals surface area contributed by atoms with Crippen LogP contribution in [-0.2, 0) is 14.3 Å². The van der Waals surface area contributed by atoms with Crippen LogP contribution < -0.4 is 5.32 Å². The summed E-state index contributed by atoms with van der Waals surface area (Å²) in [7, 11) is 0. The maximum absolute atomic E-state index is 12.3. The first-order valence-corrected chi connectivity index (χ1v) is 14.9. The first-order valence-electron chi connectivity index (χ1n) is 14.9. The monoisotopic (exact) mass is 478 g/mol. The Bertz CT molecular complexity index is 533. The average Bonchev–Trinajstić information content (AvgIpc) is 3.48. The highest BCUT2D eigenvalue weighted by molar-refractivity contribution is 5.86. The van der Waals surface area contributed by atoms with Gasteiger partial charge in [0.1, 0.15) is 0 Å². The van der Waals surface area contributed by atoms with E-state index in [1.807, 2.05) is 4.90 Å². The molecule has 2 heterocycles. The number of carbonyl (C=O) groups excluding carboxylic acids is 2. The Hall–Kier alpha value is -1.10. The Morgan fingerprint density at radius 2 is 1.44 bits per heavy atom. The van der Waals surface area contributed by atoms with Crippen molar-refractivity contribution in [1.29, 1.82) is 0 Å². The van der Waals surface area contributed by atoms with E-state index in [0.717, 1.165) is 25.9 Å². The third-order valence-corrected chi connectivity index (χ3v) is 7.70. The van der Waals surface area contributed by atoms with Crippen molar-refractivity contribution in [2.24, 2.45) is 5.92 Å². The molecule has 2 atom stereocenters. The molecule has 2 saturated heterocycles. The molecule has 0 aromatic heterocycles. The van der Waals surface area contributed by atoms with Gasteiger partial charge in [-0.2, -0.15) is 0 Å². The van der Waals surface area contributed by atoms with E-state index >= 15 is 0 Å². The SMILES string of the molecule is CCCCCCCCCCCCCCCCCCN1CC(C(=O)OCCC2CCCN2)CC1=O. The van der Waals surface area contributed by atoms with Gasteiger partial charge in [0.05, 0.1) is 12.5 Å². The fourth-order valence-corrected chi connectivity index (χ4v) is 5.42. The summed E-state index contributed by atoms with van der Waals surface area (Å²) in [6, 6.07) is 0.490. The molecule has 2 aliphatic rings. The van der Waals surface area contributed by atoms with Gasteiger partial charge >= 0.3 is 5.97 Å². The highest BCUT2D eigenvalue weighted by Crippen LogP contribution is 2.21. The third kappa shape index (κ3) is 13.1. The summed E-state index contributed by atoms with van der Waals surface area (Å²) in [6.07, 6.45) is 25.3. The van der Waals surface area contributed by atoms with Gasteiger partial charge < -0.3 is 15.0 Å². The number of likely N-dealkylation sites (tertiary alicyclic amines) is 1. The number of hydrogen-bond acceptors (Lipinski definition) is 4. The van der Waals surface area contributed by atoms with Crippen molar-refractivity contribution >= 4 is 11.9 Å². The van der Waals surface area contributed by atoms with Crippen LogP contribution in [0.25, 0.3) is 0 Å². The summed E-state index contributed by atoms with van der Waals surface area (Å²) in [6.45, 7) is 5.18. The minimum absolute atomic E-state index is 0.125. The summed E-state index contributed by atoms with van der Waals surface area (Å²) in [5.74, 6) is -0.314. The number of carbonyl (C=O) groups is 2. The maximum atomic E-state index is 12.3. The van der Waals surface area contributed by atoms with E-state index in [4.69, 9.17) is 4.74 Å². The van der Waals surface area contributed by atoms with E-state index in [1.54, 1.807) is 0 Å². The summed E-state index contributed by atoms with van der Waals surface area (Å²) >= 11 is 0. The number of esters is 1. The van der Waals surface area contributed by atoms with Crippen LogP contribution in [0.1, 0.15) is 135 Å². The molecule has 2 rings (SSSR count). The highest BCUT2D eigenvalue weighted by atomic mass is 16.5. The molecule has 0 saturated carbocycles. The molecule has 5 nitrogen and oxygen atoms in total. The molecule has 0 radical (unpaired) electrons. The molecule has 0 bridgehead atoms. The molecular formula is C29H54N2O3. The normalized spacial score (nSPS) is 20.4. The molecule has 2 unspecified atom stereocenters. The lowest BCUT2D eigenvalue weighted by Crippen LogP contribution is -2.28. The van der Waals surface area contributed by atoms with Crippen LogP contribution in [0.2, 0.25) is 0 Å². The van der Waals surface area contributed by atoms with Crippen LogP contribution in [0.4, 0.5) is 0 Å². The van der Waals surface area contributed by atoms with Gasteiger partial charge in [-0.15, -0.1) is 0 Å². The van der Waals surface area contributed by atoms with Gasteiger partial charge in [-0.3, -0.25) is 9.59 Å². The van der Waals surface area contributed by atoms with E-state index < -0.39 is 0 Å². The smallest absolute Gasteiger partial charge is 0.311 e. The predicted molar refractivity (Wildman–Crippen MR) is 141 cm³/mol. The molecule has 0 aliphatic carbocycles. The fraction of sp³-hybridized carbons (Fsp3) is 0.931. The molecule has 0 aromatic rings. The molecule has 2 fully saturated rings. The Kier molecular flexibility index (Phi) is 16.4. The van der Waals surface area contributed by atoms with Crippen molar-refractivity contribution in [3.63, 3.8) is 0 Å². The van der Waals surface area contributed by atoms with Gasteiger partial charge in [-0.25, -0.2) is 0 Å². The number of nitrogens with zero attached hydrogens (tertiary/aromatic N) is 1. The van der Waals surface area contributed by atoms with Crippen LogP contribution in [-0.4, -0.2) is 49.1 Å². The van der Waals surface area contributed by atoms with Crippen molar-refractivity contribution < 1.29 is 14.3 Å². The Morgan fingerprint density at radius 1 is 0.882 bits per heavy atom. The fourth-order valence-electron chi connectivity index (χ4n) is 5.42. The molecule has 2 aliphatic heterocycles. The lowest BCUT2D eigenvalue weighted by atomic mass is 10.0. The molecule has 198 valence electrons. The van der Waals surface area contributed by atoms with Crippen LogP contribution >= 0.6 is 0 Å². The van der Waals surface area contributed by atoms with Crippen LogP contribution in [0, 0.1) is 5.92 Å². The minimum atomic E-state index is -0.259. The van der Waals surface area contributed by atoms with E-state index in [0.29, 0.717) is 25.6 Å². The Morgan fingerprint density at radius 3 is 1.97 bits per heavy atom. The molecule has 0 aromatic carbocycles. The lowest BCUT2D eigenvalue weighted by Gasteiger charge is -2.16. The van der Waals surface area contributed by atoms with Gasteiger partial charge in [0.2, 0.25) is 5.91 Å². The summed E-state index contributed by atoms with van der Waals surface area (Å²) < 4.78 is 5.46. The second-order valence-electron chi connectivity index (χ2n) is 10.8. The van der Waals surface area contributed by atoms with E-state index in [-0.39, 0.29) is 17.8 Å². The average molecular weight is 479 g/mol. The second-order valence-corrected chi connectivity index (χ2v) is 10.8. The third-order valence-electron chi connectivity index (χ3n) is 7.70. The summed E-state index contributed by atoms with van der Waals surface area (Å²) in [5, 5.41) is 3.42. The van der Waals surface area contributed by atoms with Gasteiger partial charge in [-0.05, 0) is 32.2 Å². The first kappa shape index (κ1) is 29.1. The standard InChI is InChI=1S/C29H54N2O3/c1-2-3-4-5-6-7-8-9-10-11-12-13-14-15-16-17-22-31-25-26(24-28(31)32)29(33)34-23-20-27-19-18-21-30-27/h26-27,30H,2-25H2,1H3. The van der Waals surface area contributed by atoms with Crippen LogP contribution in [0.3, 0.4) is 0 Å². The number of hydrogen-bond donors (Lipinski definition) is 1. The number of nitrogens with one attached hydrogen (secondary N) is 1.